The Balaban J connectivity index is 2.21. The molecule has 1 heterocycles. The number of hydrogen-bond acceptors (Lipinski definition) is 4. The molecule has 0 aliphatic rings. The van der Waals surface area contributed by atoms with Crippen molar-refractivity contribution in [3.8, 4) is 22.8 Å². The van der Waals surface area contributed by atoms with Crippen LogP contribution in [0.4, 0.5) is 0 Å². The van der Waals surface area contributed by atoms with Gasteiger partial charge in [0.1, 0.15) is 0 Å². The molecule has 0 atom stereocenters. The van der Waals surface area contributed by atoms with Crippen LogP contribution in [0.3, 0.4) is 0 Å². The van der Waals surface area contributed by atoms with Gasteiger partial charge in [-0.15, -0.1) is 0 Å². The topological polar surface area (TPSA) is 109 Å². The van der Waals surface area contributed by atoms with Crippen LogP contribution in [-0.2, 0) is 11.2 Å². The normalized spacial score (nSPS) is 10.7. The van der Waals surface area contributed by atoms with E-state index in [1.807, 2.05) is 13.0 Å². The number of carboxylic acids is 2. The quantitative estimate of drug-likeness (QED) is 0.587. The molecular formula is C20H19NO6. The molecule has 0 unspecified atom stereocenters. The van der Waals surface area contributed by atoms with Crippen molar-refractivity contribution in [1.29, 1.82) is 0 Å². The zero-order chi connectivity index (χ0) is 19.6. The molecule has 2 aromatic carbocycles. The molecule has 140 valence electrons. The molecule has 0 radical (unpaired) electrons. The number of H-pyrrole nitrogens is 1. The first-order chi connectivity index (χ1) is 12.9. The van der Waals surface area contributed by atoms with Crippen molar-refractivity contribution >= 4 is 22.8 Å². The highest BCUT2D eigenvalue weighted by atomic mass is 16.5. The second-order valence-electron chi connectivity index (χ2n) is 5.91. The van der Waals surface area contributed by atoms with E-state index < -0.39 is 11.9 Å². The number of aromatic amines is 1. The van der Waals surface area contributed by atoms with Gasteiger partial charge in [0, 0.05) is 16.5 Å². The monoisotopic (exact) mass is 369 g/mol. The van der Waals surface area contributed by atoms with Crippen molar-refractivity contribution < 1.29 is 29.3 Å². The lowest BCUT2D eigenvalue weighted by atomic mass is 10.0. The largest absolute Gasteiger partial charge is 0.493 e. The Kier molecular flexibility index (Phi) is 5.03. The fourth-order valence-electron chi connectivity index (χ4n) is 3.06. The molecule has 7 nitrogen and oxygen atoms in total. The maximum absolute atomic E-state index is 11.4. The number of methoxy groups -OCH3 is 1. The highest BCUT2D eigenvalue weighted by Crippen LogP contribution is 2.36. The summed E-state index contributed by atoms with van der Waals surface area (Å²) in [5.41, 5.74) is 2.62. The van der Waals surface area contributed by atoms with E-state index >= 15 is 0 Å². The van der Waals surface area contributed by atoms with Crippen molar-refractivity contribution in [3.05, 3.63) is 47.5 Å². The van der Waals surface area contributed by atoms with Crippen LogP contribution >= 0.6 is 0 Å². The Hall–Kier alpha value is -3.48. The fourth-order valence-corrected chi connectivity index (χ4v) is 3.06. The average molecular weight is 369 g/mol. The Labute approximate surface area is 155 Å². The van der Waals surface area contributed by atoms with E-state index in [9.17, 15) is 19.8 Å². The van der Waals surface area contributed by atoms with Crippen LogP contribution in [0, 0.1) is 0 Å². The van der Waals surface area contributed by atoms with Gasteiger partial charge in [0.15, 0.2) is 11.5 Å². The highest BCUT2D eigenvalue weighted by Gasteiger charge is 2.18. The van der Waals surface area contributed by atoms with Crippen molar-refractivity contribution in [2.45, 2.75) is 13.3 Å². The molecule has 0 bridgehead atoms. The molecule has 27 heavy (non-hydrogen) atoms. The molecule has 3 aromatic rings. The van der Waals surface area contributed by atoms with Crippen molar-refractivity contribution in [2.24, 2.45) is 0 Å². The number of benzene rings is 2. The van der Waals surface area contributed by atoms with Crippen LogP contribution in [0.2, 0.25) is 0 Å². The number of aromatic nitrogens is 1. The minimum Gasteiger partial charge on any atom is -0.493 e. The lowest BCUT2D eigenvalue weighted by Crippen LogP contribution is -2.02. The SMILES string of the molecule is CCOc1ccc(-c2[nH]c3ccc(C(=O)O)cc3c2CC(=O)O)cc1OC. The van der Waals surface area contributed by atoms with E-state index in [1.165, 1.54) is 19.2 Å². The smallest absolute Gasteiger partial charge is 0.335 e. The van der Waals surface area contributed by atoms with Gasteiger partial charge in [-0.1, -0.05) is 0 Å². The minimum atomic E-state index is -1.07. The predicted molar refractivity (Wildman–Crippen MR) is 99.8 cm³/mol. The predicted octanol–water partition coefficient (Wildman–Crippen LogP) is 3.57. The summed E-state index contributed by atoms with van der Waals surface area (Å²) in [6, 6.07) is 9.94. The molecule has 3 rings (SSSR count). The first-order valence-electron chi connectivity index (χ1n) is 8.35. The molecule has 0 saturated carbocycles. The van der Waals surface area contributed by atoms with Gasteiger partial charge < -0.3 is 24.7 Å². The van der Waals surface area contributed by atoms with Crippen LogP contribution < -0.4 is 9.47 Å². The molecule has 3 N–H and O–H groups in total. The number of rotatable bonds is 7. The summed E-state index contributed by atoms with van der Waals surface area (Å²) in [4.78, 5) is 25.9. The summed E-state index contributed by atoms with van der Waals surface area (Å²) in [6.07, 6.45) is -0.242. The third kappa shape index (κ3) is 3.57. The third-order valence-corrected chi connectivity index (χ3v) is 4.23. The molecule has 1 aromatic heterocycles. The molecule has 0 fully saturated rings. The number of aliphatic carboxylic acids is 1. The summed E-state index contributed by atoms with van der Waals surface area (Å²) in [6.45, 7) is 2.36. The van der Waals surface area contributed by atoms with Crippen LogP contribution in [-0.4, -0.2) is 40.9 Å². The van der Waals surface area contributed by atoms with Crippen molar-refractivity contribution in [2.75, 3.05) is 13.7 Å². The first kappa shape index (κ1) is 18.3. The molecule has 0 aliphatic carbocycles. The molecular weight excluding hydrogens is 350 g/mol. The number of fused-ring (bicyclic) bond motifs is 1. The van der Waals surface area contributed by atoms with Gasteiger partial charge in [-0.2, -0.15) is 0 Å². The van der Waals surface area contributed by atoms with E-state index in [-0.39, 0.29) is 12.0 Å². The summed E-state index contributed by atoms with van der Waals surface area (Å²) >= 11 is 0. The zero-order valence-corrected chi connectivity index (χ0v) is 14.9. The Bertz CT molecular complexity index is 1020. The Morgan fingerprint density at radius 3 is 2.48 bits per heavy atom. The van der Waals surface area contributed by atoms with Crippen molar-refractivity contribution in [1.82, 2.24) is 4.98 Å². The molecule has 7 heteroatoms. The second kappa shape index (κ2) is 7.41. The van der Waals surface area contributed by atoms with Crippen LogP contribution in [0.15, 0.2) is 36.4 Å². The number of carboxylic acid groups (broad SMARTS) is 2. The molecule has 0 spiro atoms. The van der Waals surface area contributed by atoms with Gasteiger partial charge >= 0.3 is 11.9 Å². The van der Waals surface area contributed by atoms with Crippen LogP contribution in [0.5, 0.6) is 11.5 Å². The second-order valence-corrected chi connectivity index (χ2v) is 5.91. The Morgan fingerprint density at radius 2 is 1.85 bits per heavy atom. The van der Waals surface area contributed by atoms with Crippen LogP contribution in [0.25, 0.3) is 22.2 Å². The summed E-state index contributed by atoms with van der Waals surface area (Å²) in [5, 5.41) is 19.1. The first-order valence-corrected chi connectivity index (χ1v) is 8.35. The van der Waals surface area contributed by atoms with Gasteiger partial charge in [0.25, 0.3) is 0 Å². The van der Waals surface area contributed by atoms with Gasteiger partial charge in [-0.05, 0) is 48.9 Å². The summed E-state index contributed by atoms with van der Waals surface area (Å²) < 4.78 is 10.9. The number of aromatic carboxylic acids is 1. The van der Waals surface area contributed by atoms with Gasteiger partial charge in [0.05, 0.1) is 31.4 Å². The number of hydrogen-bond donors (Lipinski definition) is 3. The molecule has 0 saturated heterocycles. The Morgan fingerprint density at radius 1 is 1.07 bits per heavy atom. The number of carbonyl (C=O) groups is 2. The van der Waals surface area contributed by atoms with E-state index in [0.717, 1.165) is 5.56 Å². The van der Waals surface area contributed by atoms with Crippen molar-refractivity contribution in [3.63, 3.8) is 0 Å². The lowest BCUT2D eigenvalue weighted by Gasteiger charge is -2.11. The average Bonchev–Trinajstić information content (AvgIpc) is 2.99. The molecule has 0 amide bonds. The third-order valence-electron chi connectivity index (χ3n) is 4.23. The van der Waals surface area contributed by atoms with E-state index in [4.69, 9.17) is 9.47 Å². The van der Waals surface area contributed by atoms with E-state index in [2.05, 4.69) is 4.98 Å². The number of nitrogens with one attached hydrogen (secondary N) is 1. The van der Waals surface area contributed by atoms with Gasteiger partial charge in [-0.25, -0.2) is 4.79 Å². The van der Waals surface area contributed by atoms with E-state index in [1.54, 1.807) is 18.2 Å². The van der Waals surface area contributed by atoms with Crippen LogP contribution in [0.1, 0.15) is 22.8 Å². The molecule has 0 aliphatic heterocycles. The highest BCUT2D eigenvalue weighted by molar-refractivity contribution is 5.99. The maximum atomic E-state index is 11.4. The van der Waals surface area contributed by atoms with Gasteiger partial charge in [-0.3, -0.25) is 4.79 Å². The standard InChI is InChI=1S/C20H19NO6/c1-3-27-16-7-5-11(9-17(16)26-2)19-14(10-18(22)23)13-8-12(20(24)25)4-6-15(13)21-19/h4-9,21H,3,10H2,1-2H3,(H,22,23)(H,24,25). The maximum Gasteiger partial charge on any atom is 0.335 e. The summed E-state index contributed by atoms with van der Waals surface area (Å²) in [5.74, 6) is -0.951. The van der Waals surface area contributed by atoms with E-state index in [0.29, 0.717) is 40.3 Å². The minimum absolute atomic E-state index is 0.101. The number of ether oxygens (including phenoxy) is 2. The lowest BCUT2D eigenvalue weighted by molar-refractivity contribution is -0.136. The zero-order valence-electron chi connectivity index (χ0n) is 14.9. The van der Waals surface area contributed by atoms with Gasteiger partial charge in [0.2, 0.25) is 0 Å². The summed E-state index contributed by atoms with van der Waals surface area (Å²) in [7, 11) is 1.53. The fraction of sp³-hybridized carbons (Fsp3) is 0.200.